The van der Waals surface area contributed by atoms with Crippen molar-refractivity contribution in [2.45, 2.75) is 44.4 Å². The number of carbonyl (C=O) groups excluding carboxylic acids is 1. The molecule has 0 unspecified atom stereocenters. The Morgan fingerprint density at radius 3 is 2.83 bits per heavy atom. The molecule has 1 saturated carbocycles. The first-order valence-corrected chi connectivity index (χ1v) is 8.13. The molecule has 1 atom stereocenters. The highest BCUT2D eigenvalue weighted by Gasteiger charge is 2.30. The van der Waals surface area contributed by atoms with E-state index < -0.39 is 0 Å². The molecule has 120 valence electrons. The summed E-state index contributed by atoms with van der Waals surface area (Å²) in [5, 5.41) is 4.00. The molecule has 2 aromatic rings. The molecule has 23 heavy (non-hydrogen) atoms. The number of nitrogens with zero attached hydrogens (tertiary/aromatic N) is 5. The predicted molar refractivity (Wildman–Crippen MR) is 80.9 cm³/mol. The number of aryl methyl sites for hydroxylation is 1. The van der Waals surface area contributed by atoms with Gasteiger partial charge in [0.15, 0.2) is 5.82 Å². The summed E-state index contributed by atoms with van der Waals surface area (Å²) < 4.78 is 5.06. The third-order valence-corrected chi connectivity index (χ3v) is 4.45. The number of carbonyl (C=O) groups is 1. The van der Waals surface area contributed by atoms with Gasteiger partial charge >= 0.3 is 0 Å². The van der Waals surface area contributed by atoms with Crippen LogP contribution >= 0.6 is 0 Å². The van der Waals surface area contributed by atoms with Gasteiger partial charge in [-0.3, -0.25) is 4.79 Å². The fourth-order valence-corrected chi connectivity index (χ4v) is 3.05. The Morgan fingerprint density at radius 2 is 2.09 bits per heavy atom. The summed E-state index contributed by atoms with van der Waals surface area (Å²) >= 11 is 0. The maximum absolute atomic E-state index is 12.7. The lowest BCUT2D eigenvalue weighted by Crippen LogP contribution is -2.39. The first kappa shape index (κ1) is 14.3. The van der Waals surface area contributed by atoms with Gasteiger partial charge in [0.2, 0.25) is 5.89 Å². The fraction of sp³-hybridized carbons (Fsp3) is 0.562. The number of hydrogen-bond acceptors (Lipinski definition) is 6. The molecule has 4 rings (SSSR count). The second-order valence-corrected chi connectivity index (χ2v) is 6.34. The van der Waals surface area contributed by atoms with Crippen molar-refractivity contribution in [2.75, 3.05) is 13.1 Å². The SMILES string of the molecule is Cc1nc([C@H]2CCCN(C(=O)c3ccnc(C4CC4)n3)C2)no1. The van der Waals surface area contributed by atoms with E-state index in [1.807, 2.05) is 4.90 Å². The van der Waals surface area contributed by atoms with Gasteiger partial charge in [0.1, 0.15) is 11.5 Å². The average Bonchev–Trinajstić information content (AvgIpc) is 3.36. The van der Waals surface area contributed by atoms with Crippen LogP contribution in [0.4, 0.5) is 0 Å². The summed E-state index contributed by atoms with van der Waals surface area (Å²) in [5.41, 5.74) is 0.492. The molecular formula is C16H19N5O2. The van der Waals surface area contributed by atoms with E-state index in [-0.39, 0.29) is 11.8 Å². The Morgan fingerprint density at radius 1 is 1.22 bits per heavy atom. The van der Waals surface area contributed by atoms with Crippen LogP contribution in [0.15, 0.2) is 16.8 Å². The molecule has 7 nitrogen and oxygen atoms in total. The Labute approximate surface area is 134 Å². The third kappa shape index (κ3) is 2.95. The van der Waals surface area contributed by atoms with Crippen molar-refractivity contribution in [3.63, 3.8) is 0 Å². The number of amides is 1. The zero-order valence-corrected chi connectivity index (χ0v) is 13.1. The largest absolute Gasteiger partial charge is 0.340 e. The monoisotopic (exact) mass is 313 g/mol. The van der Waals surface area contributed by atoms with Gasteiger partial charge in [-0.25, -0.2) is 9.97 Å². The third-order valence-electron chi connectivity index (χ3n) is 4.45. The molecule has 3 heterocycles. The van der Waals surface area contributed by atoms with Crippen LogP contribution in [0.25, 0.3) is 0 Å². The van der Waals surface area contributed by atoms with Gasteiger partial charge in [0.05, 0.1) is 0 Å². The quantitative estimate of drug-likeness (QED) is 0.862. The van der Waals surface area contributed by atoms with Crippen molar-refractivity contribution in [2.24, 2.45) is 0 Å². The van der Waals surface area contributed by atoms with Gasteiger partial charge in [-0.15, -0.1) is 0 Å². The minimum absolute atomic E-state index is 0.0285. The molecule has 1 amide bonds. The highest BCUT2D eigenvalue weighted by Crippen LogP contribution is 2.37. The van der Waals surface area contributed by atoms with Gasteiger partial charge in [-0.1, -0.05) is 5.16 Å². The predicted octanol–water partition coefficient (Wildman–Crippen LogP) is 2.07. The minimum Gasteiger partial charge on any atom is -0.340 e. The first-order valence-electron chi connectivity index (χ1n) is 8.13. The number of aromatic nitrogens is 4. The van der Waals surface area contributed by atoms with Crippen LogP contribution in [-0.2, 0) is 0 Å². The molecular weight excluding hydrogens is 294 g/mol. The summed E-state index contributed by atoms with van der Waals surface area (Å²) in [4.78, 5) is 27.6. The normalized spacial score (nSPS) is 21.4. The van der Waals surface area contributed by atoms with Crippen molar-refractivity contribution in [3.8, 4) is 0 Å². The first-order chi connectivity index (χ1) is 11.2. The smallest absolute Gasteiger partial charge is 0.272 e. The standard InChI is InChI=1S/C16H19N5O2/c1-10-18-15(20-23-10)12-3-2-8-21(9-12)16(22)13-6-7-17-14(19-13)11-4-5-11/h6-7,11-12H,2-5,8-9H2,1H3/t12-/m0/s1. The van der Waals surface area contributed by atoms with Crippen molar-refractivity contribution >= 4 is 5.91 Å². The number of hydrogen-bond donors (Lipinski definition) is 0. The molecule has 2 fully saturated rings. The van der Waals surface area contributed by atoms with Crippen LogP contribution in [0.1, 0.15) is 65.5 Å². The molecule has 0 radical (unpaired) electrons. The Kier molecular flexibility index (Phi) is 3.55. The molecule has 0 bridgehead atoms. The highest BCUT2D eigenvalue weighted by molar-refractivity contribution is 5.92. The van der Waals surface area contributed by atoms with Gasteiger partial charge in [0, 0.05) is 38.0 Å². The van der Waals surface area contributed by atoms with Crippen molar-refractivity contribution in [3.05, 3.63) is 35.5 Å². The molecule has 1 aliphatic carbocycles. The average molecular weight is 313 g/mol. The summed E-state index contributed by atoms with van der Waals surface area (Å²) in [7, 11) is 0. The number of likely N-dealkylation sites (tertiary alicyclic amines) is 1. The van der Waals surface area contributed by atoms with E-state index >= 15 is 0 Å². The molecule has 0 aromatic carbocycles. The summed E-state index contributed by atoms with van der Waals surface area (Å²) in [5.74, 6) is 2.61. The zero-order valence-electron chi connectivity index (χ0n) is 13.1. The summed E-state index contributed by atoms with van der Waals surface area (Å²) in [6.45, 7) is 3.14. The van der Waals surface area contributed by atoms with Crippen molar-refractivity contribution in [1.82, 2.24) is 25.0 Å². The van der Waals surface area contributed by atoms with Crippen LogP contribution in [0.2, 0.25) is 0 Å². The van der Waals surface area contributed by atoms with Crippen LogP contribution in [-0.4, -0.2) is 44.0 Å². The fourth-order valence-electron chi connectivity index (χ4n) is 3.05. The molecule has 2 aromatic heterocycles. The zero-order chi connectivity index (χ0) is 15.8. The number of piperidine rings is 1. The van der Waals surface area contributed by atoms with E-state index in [4.69, 9.17) is 4.52 Å². The lowest BCUT2D eigenvalue weighted by atomic mass is 9.97. The van der Waals surface area contributed by atoms with E-state index in [9.17, 15) is 4.79 Å². The summed E-state index contributed by atoms with van der Waals surface area (Å²) in [6.07, 6.45) is 5.85. The Hall–Kier alpha value is -2.31. The van der Waals surface area contributed by atoms with Crippen molar-refractivity contribution < 1.29 is 9.32 Å². The molecule has 7 heteroatoms. The van der Waals surface area contributed by atoms with E-state index in [0.29, 0.717) is 29.9 Å². The van der Waals surface area contributed by atoms with Crippen LogP contribution in [0.5, 0.6) is 0 Å². The molecule has 0 spiro atoms. The van der Waals surface area contributed by atoms with Crippen LogP contribution in [0, 0.1) is 6.92 Å². The maximum Gasteiger partial charge on any atom is 0.272 e. The second-order valence-electron chi connectivity index (χ2n) is 6.34. The maximum atomic E-state index is 12.7. The number of rotatable bonds is 3. The molecule has 2 aliphatic rings. The lowest BCUT2D eigenvalue weighted by molar-refractivity contribution is 0.0697. The van der Waals surface area contributed by atoms with Gasteiger partial charge in [-0.2, -0.15) is 4.98 Å². The van der Waals surface area contributed by atoms with E-state index in [1.54, 1.807) is 19.2 Å². The van der Waals surface area contributed by atoms with E-state index in [1.165, 1.54) is 0 Å². The topological polar surface area (TPSA) is 85.0 Å². The molecule has 0 N–H and O–H groups in total. The van der Waals surface area contributed by atoms with Gasteiger partial charge < -0.3 is 9.42 Å². The summed E-state index contributed by atoms with van der Waals surface area (Å²) in [6, 6.07) is 1.70. The highest BCUT2D eigenvalue weighted by atomic mass is 16.5. The minimum atomic E-state index is -0.0285. The van der Waals surface area contributed by atoms with Crippen LogP contribution in [0.3, 0.4) is 0 Å². The van der Waals surface area contributed by atoms with Crippen LogP contribution < -0.4 is 0 Å². The lowest BCUT2D eigenvalue weighted by Gasteiger charge is -2.31. The Bertz CT molecular complexity index is 725. The molecule has 1 saturated heterocycles. The van der Waals surface area contributed by atoms with E-state index in [2.05, 4.69) is 20.1 Å². The van der Waals surface area contributed by atoms with E-state index in [0.717, 1.165) is 38.1 Å². The van der Waals surface area contributed by atoms with Gasteiger partial charge in [0.25, 0.3) is 5.91 Å². The second kappa shape index (κ2) is 5.72. The van der Waals surface area contributed by atoms with Gasteiger partial charge in [-0.05, 0) is 31.7 Å². The molecule has 1 aliphatic heterocycles. The van der Waals surface area contributed by atoms with Crippen molar-refractivity contribution in [1.29, 1.82) is 0 Å². The Balaban J connectivity index is 1.50.